The van der Waals surface area contributed by atoms with Crippen molar-refractivity contribution in [2.75, 3.05) is 5.32 Å². The Morgan fingerprint density at radius 3 is 2.67 bits per heavy atom. The van der Waals surface area contributed by atoms with Crippen LogP contribution in [0.2, 0.25) is 0 Å². The average Bonchev–Trinajstić information content (AvgIpc) is 2.47. The number of carbonyl (C=O) groups is 1. The summed E-state index contributed by atoms with van der Waals surface area (Å²) in [6.07, 6.45) is 0. The van der Waals surface area contributed by atoms with E-state index in [0.29, 0.717) is 17.8 Å². The van der Waals surface area contributed by atoms with E-state index in [4.69, 9.17) is 5.73 Å². The van der Waals surface area contributed by atoms with Gasteiger partial charge in [0.15, 0.2) is 0 Å². The molecule has 0 aliphatic heterocycles. The van der Waals surface area contributed by atoms with Gasteiger partial charge in [-0.25, -0.2) is 0 Å². The van der Waals surface area contributed by atoms with Gasteiger partial charge in [0.2, 0.25) is 0 Å². The lowest BCUT2D eigenvalue weighted by atomic mass is 10.1. The smallest absolute Gasteiger partial charge is 0.270 e. The van der Waals surface area contributed by atoms with Crippen LogP contribution in [-0.4, -0.2) is 10.8 Å². The number of nitrogens with two attached hydrogens (primary N) is 1. The van der Waals surface area contributed by atoms with Gasteiger partial charge in [0.1, 0.15) is 0 Å². The number of nitro benzene ring substituents is 1. The zero-order valence-electron chi connectivity index (χ0n) is 11.5. The molecule has 21 heavy (non-hydrogen) atoms. The summed E-state index contributed by atoms with van der Waals surface area (Å²) in [5.74, 6) is -0.392. The number of non-ortho nitro benzene ring substituents is 1. The predicted octanol–water partition coefficient (Wildman–Crippen LogP) is 2.61. The molecule has 0 bridgehead atoms. The number of hydrogen-bond acceptors (Lipinski definition) is 4. The van der Waals surface area contributed by atoms with Gasteiger partial charge < -0.3 is 11.1 Å². The molecule has 3 N–H and O–H groups in total. The number of rotatable bonds is 4. The number of carbonyl (C=O) groups excluding carboxylic acids is 1. The monoisotopic (exact) mass is 285 g/mol. The van der Waals surface area contributed by atoms with E-state index < -0.39 is 10.8 Å². The highest BCUT2D eigenvalue weighted by Gasteiger charge is 2.15. The van der Waals surface area contributed by atoms with E-state index in [2.05, 4.69) is 5.32 Å². The van der Waals surface area contributed by atoms with Crippen LogP contribution in [0.5, 0.6) is 0 Å². The molecule has 2 aromatic rings. The summed E-state index contributed by atoms with van der Waals surface area (Å²) in [7, 11) is 0. The van der Waals surface area contributed by atoms with E-state index in [1.165, 1.54) is 12.1 Å². The van der Waals surface area contributed by atoms with Crippen molar-refractivity contribution in [1.29, 1.82) is 0 Å². The first-order chi connectivity index (χ1) is 10.0. The number of nitrogens with one attached hydrogen (secondary N) is 1. The van der Waals surface area contributed by atoms with Crippen molar-refractivity contribution >= 4 is 17.3 Å². The highest BCUT2D eigenvalue weighted by atomic mass is 16.6. The van der Waals surface area contributed by atoms with Crippen LogP contribution in [0.15, 0.2) is 42.5 Å². The SMILES string of the molecule is Cc1ccc([N+](=O)[O-])cc1C(=O)Nc1ccccc1CN. The van der Waals surface area contributed by atoms with Gasteiger partial charge in [-0.05, 0) is 24.1 Å². The van der Waals surface area contributed by atoms with Crippen LogP contribution >= 0.6 is 0 Å². The molecule has 0 saturated heterocycles. The van der Waals surface area contributed by atoms with Crippen LogP contribution in [0.25, 0.3) is 0 Å². The molecule has 0 spiro atoms. The van der Waals surface area contributed by atoms with Gasteiger partial charge in [0, 0.05) is 29.9 Å². The van der Waals surface area contributed by atoms with Gasteiger partial charge in [-0.1, -0.05) is 24.3 Å². The number of benzene rings is 2. The first-order valence-electron chi connectivity index (χ1n) is 6.37. The topological polar surface area (TPSA) is 98.3 Å². The molecule has 0 aromatic heterocycles. The number of anilines is 1. The molecule has 0 aliphatic rings. The zero-order valence-corrected chi connectivity index (χ0v) is 11.5. The van der Waals surface area contributed by atoms with Crippen LogP contribution in [-0.2, 0) is 6.54 Å². The minimum Gasteiger partial charge on any atom is -0.326 e. The van der Waals surface area contributed by atoms with Crippen molar-refractivity contribution in [3.63, 3.8) is 0 Å². The second-order valence-electron chi connectivity index (χ2n) is 4.57. The number of amides is 1. The van der Waals surface area contributed by atoms with Crippen molar-refractivity contribution in [1.82, 2.24) is 0 Å². The Balaban J connectivity index is 2.32. The van der Waals surface area contributed by atoms with E-state index in [-0.39, 0.29) is 11.3 Å². The van der Waals surface area contributed by atoms with Crippen molar-refractivity contribution in [3.8, 4) is 0 Å². The first-order valence-corrected chi connectivity index (χ1v) is 6.37. The lowest BCUT2D eigenvalue weighted by molar-refractivity contribution is -0.384. The molecule has 1 amide bonds. The highest BCUT2D eigenvalue weighted by Crippen LogP contribution is 2.20. The van der Waals surface area contributed by atoms with Crippen LogP contribution in [0.3, 0.4) is 0 Å². The Labute approximate surface area is 121 Å². The van der Waals surface area contributed by atoms with Gasteiger partial charge >= 0.3 is 0 Å². The summed E-state index contributed by atoms with van der Waals surface area (Å²) in [6.45, 7) is 2.03. The fourth-order valence-electron chi connectivity index (χ4n) is 1.98. The summed E-state index contributed by atoms with van der Waals surface area (Å²) in [5.41, 5.74) is 7.86. The number of nitrogens with zero attached hydrogens (tertiary/aromatic N) is 1. The highest BCUT2D eigenvalue weighted by molar-refractivity contribution is 6.06. The van der Waals surface area contributed by atoms with E-state index in [1.807, 2.05) is 12.1 Å². The summed E-state index contributed by atoms with van der Waals surface area (Å²) in [5, 5.41) is 13.5. The molecule has 6 nitrogen and oxygen atoms in total. The molecule has 0 radical (unpaired) electrons. The first kappa shape index (κ1) is 14.7. The molecule has 0 fully saturated rings. The number of para-hydroxylation sites is 1. The third-order valence-corrected chi connectivity index (χ3v) is 3.16. The average molecular weight is 285 g/mol. The Morgan fingerprint density at radius 1 is 1.29 bits per heavy atom. The van der Waals surface area contributed by atoms with Crippen LogP contribution in [0.4, 0.5) is 11.4 Å². The quantitative estimate of drug-likeness (QED) is 0.666. The van der Waals surface area contributed by atoms with Gasteiger partial charge in [-0.3, -0.25) is 14.9 Å². The Morgan fingerprint density at radius 2 is 2.00 bits per heavy atom. The van der Waals surface area contributed by atoms with Crippen molar-refractivity contribution in [2.24, 2.45) is 5.73 Å². The van der Waals surface area contributed by atoms with Crippen LogP contribution in [0.1, 0.15) is 21.5 Å². The van der Waals surface area contributed by atoms with Gasteiger partial charge in [-0.15, -0.1) is 0 Å². The lowest BCUT2D eigenvalue weighted by Crippen LogP contribution is -2.15. The maximum absolute atomic E-state index is 12.3. The van der Waals surface area contributed by atoms with E-state index in [9.17, 15) is 14.9 Å². The van der Waals surface area contributed by atoms with Gasteiger partial charge in [0.25, 0.3) is 11.6 Å². The molecule has 0 saturated carbocycles. The standard InChI is InChI=1S/C15H15N3O3/c1-10-6-7-12(18(20)21)8-13(10)15(19)17-14-5-3-2-4-11(14)9-16/h2-8H,9,16H2,1H3,(H,17,19). The summed E-state index contributed by atoms with van der Waals surface area (Å²) in [6, 6.07) is 11.4. The maximum atomic E-state index is 12.3. The van der Waals surface area contributed by atoms with Crippen molar-refractivity contribution < 1.29 is 9.72 Å². The molecule has 2 rings (SSSR count). The summed E-state index contributed by atoms with van der Waals surface area (Å²) >= 11 is 0. The van der Waals surface area contributed by atoms with Crippen molar-refractivity contribution in [2.45, 2.75) is 13.5 Å². The minimum absolute atomic E-state index is 0.113. The molecule has 6 heteroatoms. The third-order valence-electron chi connectivity index (χ3n) is 3.16. The van der Waals surface area contributed by atoms with E-state index >= 15 is 0 Å². The molecule has 2 aromatic carbocycles. The molecule has 0 aliphatic carbocycles. The Hall–Kier alpha value is -2.73. The van der Waals surface area contributed by atoms with Gasteiger partial charge in [-0.2, -0.15) is 0 Å². The molecule has 0 unspecified atom stereocenters. The fourth-order valence-corrected chi connectivity index (χ4v) is 1.98. The predicted molar refractivity (Wildman–Crippen MR) is 80.1 cm³/mol. The van der Waals surface area contributed by atoms with E-state index in [1.54, 1.807) is 25.1 Å². The largest absolute Gasteiger partial charge is 0.326 e. The number of aryl methyl sites for hydroxylation is 1. The summed E-state index contributed by atoms with van der Waals surface area (Å²) in [4.78, 5) is 22.6. The normalized spacial score (nSPS) is 10.2. The minimum atomic E-state index is -0.524. The van der Waals surface area contributed by atoms with E-state index in [0.717, 1.165) is 5.56 Å². The molecule has 0 atom stereocenters. The third kappa shape index (κ3) is 3.24. The van der Waals surface area contributed by atoms with Crippen molar-refractivity contribution in [3.05, 3.63) is 69.3 Å². The summed E-state index contributed by atoms with van der Waals surface area (Å²) < 4.78 is 0. The molecule has 108 valence electrons. The lowest BCUT2D eigenvalue weighted by Gasteiger charge is -2.11. The van der Waals surface area contributed by atoms with Gasteiger partial charge in [0.05, 0.1) is 4.92 Å². The zero-order chi connectivity index (χ0) is 15.4. The molecular weight excluding hydrogens is 270 g/mol. The number of nitro groups is 1. The maximum Gasteiger partial charge on any atom is 0.270 e. The van der Waals surface area contributed by atoms with Crippen LogP contribution < -0.4 is 11.1 Å². The molecular formula is C15H15N3O3. The Bertz CT molecular complexity index is 698. The Kier molecular flexibility index (Phi) is 4.30. The number of hydrogen-bond donors (Lipinski definition) is 2. The van der Waals surface area contributed by atoms with Crippen LogP contribution in [0, 0.1) is 17.0 Å². The molecule has 0 heterocycles. The fraction of sp³-hybridized carbons (Fsp3) is 0.133. The second-order valence-corrected chi connectivity index (χ2v) is 4.57. The second kappa shape index (κ2) is 6.15.